The molecule has 0 saturated carbocycles. The van der Waals surface area contributed by atoms with Crippen LogP contribution in [-0.4, -0.2) is 4.98 Å². The Bertz CT molecular complexity index is 368. The highest BCUT2D eigenvalue weighted by Crippen LogP contribution is 2.32. The third-order valence-corrected chi connectivity index (χ3v) is 2.50. The van der Waals surface area contributed by atoms with Gasteiger partial charge in [0.25, 0.3) is 0 Å². The molecule has 1 rings (SSSR count). The first-order chi connectivity index (χ1) is 8.23. The van der Waals surface area contributed by atoms with Gasteiger partial charge in [-0.2, -0.15) is 13.2 Å². The van der Waals surface area contributed by atoms with Gasteiger partial charge in [0.2, 0.25) is 0 Å². The molecule has 1 aromatic rings. The fourth-order valence-corrected chi connectivity index (χ4v) is 1.62. The van der Waals surface area contributed by atoms with E-state index in [0.717, 1.165) is 11.1 Å². The minimum atomic E-state index is -4.36. The number of hydrogen-bond acceptors (Lipinski definition) is 1. The van der Waals surface area contributed by atoms with Crippen molar-refractivity contribution in [3.05, 3.63) is 29.1 Å². The van der Waals surface area contributed by atoms with Gasteiger partial charge in [0, 0.05) is 6.20 Å². The van der Waals surface area contributed by atoms with Gasteiger partial charge in [0.1, 0.15) is 5.69 Å². The van der Waals surface area contributed by atoms with E-state index in [0.29, 0.717) is 0 Å². The van der Waals surface area contributed by atoms with E-state index in [1.54, 1.807) is 0 Å². The summed E-state index contributed by atoms with van der Waals surface area (Å²) >= 11 is 0. The van der Waals surface area contributed by atoms with Crippen molar-refractivity contribution < 1.29 is 13.2 Å². The van der Waals surface area contributed by atoms with Gasteiger partial charge in [0.05, 0.1) is 0 Å². The molecule has 4 heteroatoms. The van der Waals surface area contributed by atoms with Crippen LogP contribution >= 0.6 is 0 Å². The second-order valence-electron chi connectivity index (χ2n) is 4.51. The largest absolute Gasteiger partial charge is 0.433 e. The zero-order valence-electron chi connectivity index (χ0n) is 11.9. The highest BCUT2D eigenvalue weighted by atomic mass is 19.4. The minimum Gasteiger partial charge on any atom is -0.251 e. The van der Waals surface area contributed by atoms with Gasteiger partial charge in [-0.3, -0.25) is 4.98 Å². The van der Waals surface area contributed by atoms with Crippen LogP contribution in [0, 0.1) is 0 Å². The molecule has 0 unspecified atom stereocenters. The molecule has 0 aromatic carbocycles. The van der Waals surface area contributed by atoms with Crippen molar-refractivity contribution >= 4 is 0 Å². The Morgan fingerprint density at radius 3 is 1.72 bits per heavy atom. The molecule has 0 N–H and O–H groups in total. The van der Waals surface area contributed by atoms with E-state index < -0.39 is 11.9 Å². The van der Waals surface area contributed by atoms with Crippen LogP contribution in [0.2, 0.25) is 0 Å². The molecule has 0 radical (unpaired) electrons. The summed E-state index contributed by atoms with van der Waals surface area (Å²) in [4.78, 5) is 3.49. The summed E-state index contributed by atoms with van der Waals surface area (Å²) in [5, 5.41) is 0. The Morgan fingerprint density at radius 1 is 0.944 bits per heavy atom. The average Bonchev–Trinajstić information content (AvgIpc) is 2.29. The highest BCUT2D eigenvalue weighted by molar-refractivity contribution is 5.32. The third kappa shape index (κ3) is 4.31. The predicted molar refractivity (Wildman–Crippen MR) is 68.8 cm³/mol. The van der Waals surface area contributed by atoms with Crippen molar-refractivity contribution in [1.29, 1.82) is 0 Å². The second kappa shape index (κ2) is 6.76. The molecule has 0 bridgehead atoms. The molecule has 0 amide bonds. The van der Waals surface area contributed by atoms with Gasteiger partial charge < -0.3 is 0 Å². The number of rotatable bonds is 2. The van der Waals surface area contributed by atoms with Crippen LogP contribution in [0.3, 0.4) is 0 Å². The van der Waals surface area contributed by atoms with Gasteiger partial charge in [-0.1, -0.05) is 41.5 Å². The summed E-state index contributed by atoms with van der Waals surface area (Å²) < 4.78 is 37.5. The van der Waals surface area contributed by atoms with E-state index in [1.807, 2.05) is 41.5 Å². The summed E-state index contributed by atoms with van der Waals surface area (Å²) in [5.41, 5.74) is 0.820. The molecule has 1 nitrogen and oxygen atoms in total. The summed E-state index contributed by atoms with van der Waals surface area (Å²) in [5.74, 6) is 0.258. The van der Waals surface area contributed by atoms with E-state index in [9.17, 15) is 13.2 Å². The molecule has 0 aliphatic heterocycles. The molecule has 1 aromatic heterocycles. The molecule has 0 atom stereocenters. The normalized spacial score (nSPS) is 11.5. The summed E-state index contributed by atoms with van der Waals surface area (Å²) in [7, 11) is 0. The molecule has 104 valence electrons. The average molecular weight is 261 g/mol. The van der Waals surface area contributed by atoms with E-state index in [4.69, 9.17) is 0 Å². The SMILES string of the molecule is CC.CC(C)c1cnc(C(F)(F)F)cc1C(C)C. The quantitative estimate of drug-likeness (QED) is 0.697. The lowest BCUT2D eigenvalue weighted by Crippen LogP contribution is -2.11. The monoisotopic (exact) mass is 261 g/mol. The molecule has 0 aliphatic carbocycles. The summed E-state index contributed by atoms with van der Waals surface area (Å²) in [6.45, 7) is 11.7. The maximum absolute atomic E-state index is 12.5. The fraction of sp³-hybridized carbons (Fsp3) is 0.643. The van der Waals surface area contributed by atoms with Crippen LogP contribution in [0.1, 0.15) is 70.2 Å². The number of aromatic nitrogens is 1. The molecule has 0 saturated heterocycles. The standard InChI is InChI=1S/C12H16F3N.C2H6/c1-7(2)9-5-11(12(13,14)15)16-6-10(9)8(3)4;1-2/h5-8H,1-4H3;1-2H3. The van der Waals surface area contributed by atoms with Crippen molar-refractivity contribution in [1.82, 2.24) is 4.98 Å². The Kier molecular flexibility index (Phi) is 6.36. The first-order valence-electron chi connectivity index (χ1n) is 6.30. The molecule has 0 fully saturated rings. The summed E-state index contributed by atoms with van der Waals surface area (Å²) in [6.07, 6.45) is -3.01. The van der Waals surface area contributed by atoms with Crippen LogP contribution in [0.25, 0.3) is 0 Å². The van der Waals surface area contributed by atoms with Crippen molar-refractivity contribution in [3.8, 4) is 0 Å². The van der Waals surface area contributed by atoms with Crippen LogP contribution in [-0.2, 0) is 6.18 Å². The van der Waals surface area contributed by atoms with Crippen LogP contribution in [0.15, 0.2) is 12.3 Å². The zero-order valence-corrected chi connectivity index (χ0v) is 11.9. The van der Waals surface area contributed by atoms with Crippen molar-refractivity contribution in [2.24, 2.45) is 0 Å². The molecule has 0 spiro atoms. The highest BCUT2D eigenvalue weighted by Gasteiger charge is 2.33. The lowest BCUT2D eigenvalue weighted by molar-refractivity contribution is -0.141. The van der Waals surface area contributed by atoms with Crippen LogP contribution < -0.4 is 0 Å². The Balaban J connectivity index is 0.00000137. The predicted octanol–water partition coefficient (Wildman–Crippen LogP) is 5.37. The number of halogens is 3. The Labute approximate surface area is 107 Å². The van der Waals surface area contributed by atoms with E-state index >= 15 is 0 Å². The van der Waals surface area contributed by atoms with Crippen LogP contribution in [0.5, 0.6) is 0 Å². The zero-order chi connectivity index (χ0) is 14.5. The first-order valence-corrected chi connectivity index (χ1v) is 6.30. The number of nitrogens with zero attached hydrogens (tertiary/aromatic N) is 1. The van der Waals surface area contributed by atoms with Gasteiger partial charge in [0.15, 0.2) is 0 Å². The summed E-state index contributed by atoms with van der Waals surface area (Å²) in [6, 6.07) is 1.17. The van der Waals surface area contributed by atoms with Crippen LogP contribution in [0.4, 0.5) is 13.2 Å². The molecular formula is C14H22F3N. The molecular weight excluding hydrogens is 239 g/mol. The third-order valence-electron chi connectivity index (χ3n) is 2.50. The maximum atomic E-state index is 12.5. The van der Waals surface area contributed by atoms with Crippen molar-refractivity contribution in [3.63, 3.8) is 0 Å². The fourth-order valence-electron chi connectivity index (χ4n) is 1.62. The van der Waals surface area contributed by atoms with E-state index in [2.05, 4.69) is 4.98 Å². The molecule has 18 heavy (non-hydrogen) atoms. The topological polar surface area (TPSA) is 12.9 Å². The molecule has 1 heterocycles. The Morgan fingerprint density at radius 2 is 1.39 bits per heavy atom. The van der Waals surface area contributed by atoms with E-state index in [-0.39, 0.29) is 11.8 Å². The number of alkyl halides is 3. The van der Waals surface area contributed by atoms with Gasteiger partial charge >= 0.3 is 6.18 Å². The first kappa shape index (κ1) is 16.9. The molecule has 0 aliphatic rings. The Hall–Kier alpha value is -1.06. The maximum Gasteiger partial charge on any atom is 0.433 e. The minimum absolute atomic E-state index is 0.0708. The van der Waals surface area contributed by atoms with Gasteiger partial charge in [-0.25, -0.2) is 0 Å². The number of hydrogen-bond donors (Lipinski definition) is 0. The second-order valence-corrected chi connectivity index (χ2v) is 4.51. The van der Waals surface area contributed by atoms with Crippen molar-refractivity contribution in [2.75, 3.05) is 0 Å². The van der Waals surface area contributed by atoms with E-state index in [1.165, 1.54) is 12.3 Å². The van der Waals surface area contributed by atoms with Crippen molar-refractivity contribution in [2.45, 2.75) is 59.6 Å². The lowest BCUT2D eigenvalue weighted by Gasteiger charge is -2.17. The van der Waals surface area contributed by atoms with Gasteiger partial charge in [-0.05, 0) is 29.0 Å². The van der Waals surface area contributed by atoms with Gasteiger partial charge in [-0.15, -0.1) is 0 Å². The lowest BCUT2D eigenvalue weighted by atomic mass is 9.92. The number of pyridine rings is 1. The smallest absolute Gasteiger partial charge is 0.251 e.